The number of carbonyl (C=O) groups excluding carboxylic acids is 1. The Morgan fingerprint density at radius 1 is 1.53 bits per heavy atom. The van der Waals surface area contributed by atoms with Crippen molar-refractivity contribution < 1.29 is 4.79 Å². The van der Waals surface area contributed by atoms with Gasteiger partial charge in [0.15, 0.2) is 0 Å². The molecule has 1 atom stereocenters. The second-order valence-corrected chi connectivity index (χ2v) is 5.38. The Bertz CT molecular complexity index is 338. The van der Waals surface area contributed by atoms with Crippen LogP contribution in [0.25, 0.3) is 0 Å². The fraction of sp³-hybridized carbons (Fsp3) is 0.583. The summed E-state index contributed by atoms with van der Waals surface area (Å²) < 4.78 is 0. The summed E-state index contributed by atoms with van der Waals surface area (Å²) in [4.78, 5) is 13.2. The second kappa shape index (κ2) is 6.74. The monoisotopic (exact) mass is 255 g/mol. The van der Waals surface area contributed by atoms with Crippen LogP contribution in [-0.2, 0) is 4.79 Å². The van der Waals surface area contributed by atoms with Crippen LogP contribution < -0.4 is 11.5 Å². The summed E-state index contributed by atoms with van der Waals surface area (Å²) in [5, 5.41) is 4.10. The Hall–Kier alpha value is -0.910. The molecule has 17 heavy (non-hydrogen) atoms. The molecule has 0 aliphatic rings. The van der Waals surface area contributed by atoms with Crippen LogP contribution in [0, 0.1) is 5.92 Å². The molecule has 0 spiro atoms. The van der Waals surface area contributed by atoms with E-state index in [1.807, 2.05) is 5.38 Å². The smallest absolute Gasteiger partial charge is 0.231 e. The van der Waals surface area contributed by atoms with Crippen molar-refractivity contribution in [3.05, 3.63) is 22.4 Å². The van der Waals surface area contributed by atoms with Crippen molar-refractivity contribution in [2.45, 2.75) is 19.9 Å². The van der Waals surface area contributed by atoms with Gasteiger partial charge in [-0.3, -0.25) is 9.69 Å². The van der Waals surface area contributed by atoms with Crippen LogP contribution in [0.2, 0.25) is 0 Å². The Kier molecular flexibility index (Phi) is 5.61. The molecule has 0 bridgehead atoms. The highest BCUT2D eigenvalue weighted by molar-refractivity contribution is 7.07. The van der Waals surface area contributed by atoms with E-state index in [-0.39, 0.29) is 18.5 Å². The van der Waals surface area contributed by atoms with Crippen LogP contribution >= 0.6 is 11.3 Å². The van der Waals surface area contributed by atoms with E-state index in [0.29, 0.717) is 12.5 Å². The number of hydrogen-bond acceptors (Lipinski definition) is 4. The molecule has 4 N–H and O–H groups in total. The highest BCUT2D eigenvalue weighted by Crippen LogP contribution is 2.22. The topological polar surface area (TPSA) is 72.3 Å². The number of hydrogen-bond donors (Lipinski definition) is 2. The molecule has 4 nitrogen and oxygen atoms in total. The SMILES string of the molecule is CC(C)CN(CC(N)=O)C(CN)c1ccsc1. The van der Waals surface area contributed by atoms with Gasteiger partial charge in [0.05, 0.1) is 6.54 Å². The molecule has 1 heterocycles. The predicted molar refractivity (Wildman–Crippen MR) is 71.7 cm³/mol. The van der Waals surface area contributed by atoms with Gasteiger partial charge in [-0.25, -0.2) is 0 Å². The van der Waals surface area contributed by atoms with Crippen molar-refractivity contribution in [1.29, 1.82) is 0 Å². The quantitative estimate of drug-likeness (QED) is 0.768. The van der Waals surface area contributed by atoms with E-state index >= 15 is 0 Å². The van der Waals surface area contributed by atoms with E-state index in [1.165, 1.54) is 5.56 Å². The maximum absolute atomic E-state index is 11.1. The first-order valence-electron chi connectivity index (χ1n) is 5.79. The number of thiophene rings is 1. The molecule has 0 saturated heterocycles. The highest BCUT2D eigenvalue weighted by Gasteiger charge is 2.21. The van der Waals surface area contributed by atoms with Crippen molar-refractivity contribution >= 4 is 17.2 Å². The summed E-state index contributed by atoms with van der Waals surface area (Å²) in [6.07, 6.45) is 0. The third kappa shape index (κ3) is 4.46. The summed E-state index contributed by atoms with van der Waals surface area (Å²) in [7, 11) is 0. The number of rotatable bonds is 7. The van der Waals surface area contributed by atoms with Gasteiger partial charge in [-0.05, 0) is 28.3 Å². The number of primary amides is 1. The average molecular weight is 255 g/mol. The largest absolute Gasteiger partial charge is 0.369 e. The minimum Gasteiger partial charge on any atom is -0.369 e. The van der Waals surface area contributed by atoms with Crippen molar-refractivity contribution in [1.82, 2.24) is 4.90 Å². The number of nitrogens with two attached hydrogens (primary N) is 2. The third-order valence-electron chi connectivity index (χ3n) is 2.55. The Labute approximate surface area is 107 Å². The lowest BCUT2D eigenvalue weighted by Gasteiger charge is -2.30. The standard InChI is InChI=1S/C12H21N3OS/c1-9(2)6-15(7-12(14)16)11(5-13)10-3-4-17-8-10/h3-4,8-9,11H,5-7,13H2,1-2H3,(H2,14,16). The molecule has 5 heteroatoms. The lowest BCUT2D eigenvalue weighted by atomic mass is 10.1. The zero-order chi connectivity index (χ0) is 12.8. The lowest BCUT2D eigenvalue weighted by Crippen LogP contribution is -2.41. The summed E-state index contributed by atoms with van der Waals surface area (Å²) >= 11 is 1.64. The fourth-order valence-electron chi connectivity index (χ4n) is 1.93. The lowest BCUT2D eigenvalue weighted by molar-refractivity contribution is -0.119. The van der Waals surface area contributed by atoms with Gasteiger partial charge in [0.1, 0.15) is 0 Å². The Morgan fingerprint density at radius 2 is 2.24 bits per heavy atom. The first-order valence-corrected chi connectivity index (χ1v) is 6.73. The normalized spacial score (nSPS) is 13.2. The molecule has 1 unspecified atom stereocenters. The minimum atomic E-state index is -0.306. The number of nitrogens with zero attached hydrogens (tertiary/aromatic N) is 1. The van der Waals surface area contributed by atoms with Gasteiger partial charge in [0.25, 0.3) is 0 Å². The van der Waals surface area contributed by atoms with Crippen molar-refractivity contribution in [2.75, 3.05) is 19.6 Å². The molecular weight excluding hydrogens is 234 g/mol. The molecule has 0 aliphatic heterocycles. The molecule has 0 aliphatic carbocycles. The molecule has 0 fully saturated rings. The molecule has 0 radical (unpaired) electrons. The Balaban J connectivity index is 2.81. The first kappa shape index (κ1) is 14.2. The maximum atomic E-state index is 11.1. The van der Waals surface area contributed by atoms with E-state index in [2.05, 4.69) is 30.2 Å². The second-order valence-electron chi connectivity index (χ2n) is 4.60. The van der Waals surface area contributed by atoms with Crippen molar-refractivity contribution in [3.8, 4) is 0 Å². The molecule has 0 aromatic carbocycles. The van der Waals surface area contributed by atoms with Gasteiger partial charge < -0.3 is 11.5 Å². The molecule has 1 rings (SSSR count). The van der Waals surface area contributed by atoms with Gasteiger partial charge >= 0.3 is 0 Å². The van der Waals surface area contributed by atoms with Crippen LogP contribution in [0.4, 0.5) is 0 Å². The first-order chi connectivity index (χ1) is 8.04. The summed E-state index contributed by atoms with van der Waals surface area (Å²) in [5.41, 5.74) is 12.3. The molecular formula is C12H21N3OS. The molecule has 1 aromatic heterocycles. The van der Waals surface area contributed by atoms with Gasteiger partial charge in [-0.1, -0.05) is 13.8 Å². The van der Waals surface area contributed by atoms with Crippen molar-refractivity contribution in [2.24, 2.45) is 17.4 Å². The van der Waals surface area contributed by atoms with Crippen LogP contribution in [0.3, 0.4) is 0 Å². The zero-order valence-corrected chi connectivity index (χ0v) is 11.2. The summed E-state index contributed by atoms with van der Waals surface area (Å²) in [5.74, 6) is 0.168. The predicted octanol–water partition coefficient (Wildman–Crippen LogP) is 1.19. The third-order valence-corrected chi connectivity index (χ3v) is 3.25. The summed E-state index contributed by atoms with van der Waals surface area (Å²) in [6.45, 7) is 5.82. The van der Waals surface area contributed by atoms with Crippen molar-refractivity contribution in [3.63, 3.8) is 0 Å². The van der Waals surface area contributed by atoms with E-state index in [1.54, 1.807) is 11.3 Å². The van der Waals surface area contributed by atoms with Crippen LogP contribution in [0.15, 0.2) is 16.8 Å². The molecule has 0 saturated carbocycles. The number of carbonyl (C=O) groups is 1. The number of amides is 1. The van der Waals surface area contributed by atoms with E-state index in [4.69, 9.17) is 11.5 Å². The molecule has 96 valence electrons. The van der Waals surface area contributed by atoms with Crippen LogP contribution in [0.5, 0.6) is 0 Å². The van der Waals surface area contributed by atoms with E-state index < -0.39 is 0 Å². The minimum absolute atomic E-state index is 0.0798. The van der Waals surface area contributed by atoms with Crippen LogP contribution in [0.1, 0.15) is 25.5 Å². The van der Waals surface area contributed by atoms with Gasteiger partial charge in [-0.2, -0.15) is 11.3 Å². The Morgan fingerprint density at radius 3 is 2.65 bits per heavy atom. The summed E-state index contributed by atoms with van der Waals surface area (Å²) in [6, 6.07) is 2.13. The zero-order valence-electron chi connectivity index (χ0n) is 10.4. The van der Waals surface area contributed by atoms with Crippen LogP contribution in [-0.4, -0.2) is 30.4 Å². The van der Waals surface area contributed by atoms with Gasteiger partial charge in [-0.15, -0.1) is 0 Å². The average Bonchev–Trinajstić information content (AvgIpc) is 2.70. The fourth-order valence-corrected chi connectivity index (χ4v) is 2.64. The molecule has 1 amide bonds. The van der Waals surface area contributed by atoms with Gasteiger partial charge in [0, 0.05) is 19.1 Å². The maximum Gasteiger partial charge on any atom is 0.231 e. The van der Waals surface area contributed by atoms with E-state index in [0.717, 1.165) is 6.54 Å². The van der Waals surface area contributed by atoms with E-state index in [9.17, 15) is 4.79 Å². The highest BCUT2D eigenvalue weighted by atomic mass is 32.1. The van der Waals surface area contributed by atoms with Gasteiger partial charge in [0.2, 0.25) is 5.91 Å². The molecule has 1 aromatic rings.